The Balaban J connectivity index is 2.60. The first-order chi connectivity index (χ1) is 8.45. The minimum atomic E-state index is 0.575. The number of nitrogens with zero attached hydrogens (tertiary/aromatic N) is 2. The van der Waals surface area contributed by atoms with E-state index in [0.717, 1.165) is 36.2 Å². The summed E-state index contributed by atoms with van der Waals surface area (Å²) in [4.78, 5) is 0. The summed E-state index contributed by atoms with van der Waals surface area (Å²) in [5, 5.41) is 8.70. The van der Waals surface area contributed by atoms with Crippen molar-refractivity contribution < 1.29 is 0 Å². The molecule has 0 aromatic carbocycles. The van der Waals surface area contributed by atoms with E-state index < -0.39 is 0 Å². The Morgan fingerprint density at radius 2 is 2.06 bits per heavy atom. The van der Waals surface area contributed by atoms with E-state index in [-0.39, 0.29) is 0 Å². The van der Waals surface area contributed by atoms with Crippen molar-refractivity contribution in [2.45, 2.75) is 53.0 Å². The first-order valence-corrected chi connectivity index (χ1v) is 7.24. The topological polar surface area (TPSA) is 29.9 Å². The molecule has 3 nitrogen and oxygen atoms in total. The third kappa shape index (κ3) is 4.29. The molecule has 1 N–H and O–H groups in total. The van der Waals surface area contributed by atoms with Gasteiger partial charge in [0.2, 0.25) is 0 Å². The van der Waals surface area contributed by atoms with Crippen LogP contribution >= 0.6 is 11.6 Å². The van der Waals surface area contributed by atoms with Gasteiger partial charge in [-0.3, -0.25) is 4.68 Å². The average molecular weight is 272 g/mol. The van der Waals surface area contributed by atoms with Gasteiger partial charge in [0.1, 0.15) is 5.15 Å². The number of aromatic nitrogens is 2. The Kier molecular flexibility index (Phi) is 6.16. The smallest absolute Gasteiger partial charge is 0.130 e. The number of halogens is 1. The molecule has 1 aromatic heterocycles. The first kappa shape index (κ1) is 15.5. The third-order valence-electron chi connectivity index (χ3n) is 3.26. The van der Waals surface area contributed by atoms with Crippen molar-refractivity contribution in [2.24, 2.45) is 13.0 Å². The zero-order valence-electron chi connectivity index (χ0n) is 12.3. The maximum Gasteiger partial charge on any atom is 0.130 e. The maximum atomic E-state index is 6.26. The van der Waals surface area contributed by atoms with Crippen molar-refractivity contribution in [3.8, 4) is 0 Å². The third-order valence-corrected chi connectivity index (χ3v) is 3.73. The summed E-state index contributed by atoms with van der Waals surface area (Å²) in [6, 6.07) is 0.575. The normalized spacial score (nSPS) is 13.3. The molecule has 1 rings (SSSR count). The second-order valence-corrected chi connectivity index (χ2v) is 5.76. The van der Waals surface area contributed by atoms with E-state index in [1.54, 1.807) is 4.68 Å². The lowest BCUT2D eigenvalue weighted by Crippen LogP contribution is -2.30. The molecule has 0 saturated carbocycles. The molecule has 1 unspecified atom stereocenters. The van der Waals surface area contributed by atoms with Crippen LogP contribution in [0.15, 0.2) is 0 Å². The van der Waals surface area contributed by atoms with Crippen LogP contribution in [0.1, 0.15) is 44.9 Å². The highest BCUT2D eigenvalue weighted by Gasteiger charge is 2.15. The van der Waals surface area contributed by atoms with Gasteiger partial charge in [-0.05, 0) is 38.6 Å². The van der Waals surface area contributed by atoms with Crippen LogP contribution in [0.2, 0.25) is 5.15 Å². The summed E-state index contributed by atoms with van der Waals surface area (Å²) in [5.41, 5.74) is 2.26. The zero-order valence-corrected chi connectivity index (χ0v) is 13.0. The van der Waals surface area contributed by atoms with Gasteiger partial charge < -0.3 is 5.32 Å². The molecule has 1 heterocycles. The molecule has 18 heavy (non-hydrogen) atoms. The Morgan fingerprint density at radius 3 is 2.50 bits per heavy atom. The van der Waals surface area contributed by atoms with Crippen molar-refractivity contribution in [2.75, 3.05) is 6.54 Å². The molecule has 0 spiro atoms. The van der Waals surface area contributed by atoms with Gasteiger partial charge in [0.05, 0.1) is 5.69 Å². The van der Waals surface area contributed by atoms with Crippen LogP contribution in [0.4, 0.5) is 0 Å². The standard InChI is InChI=1S/C14H26ClN3/c1-6-16-12(9-10(2)3)7-8-13-11(4)17-18(5)14(13)15/h10,12,16H,6-9H2,1-5H3. The highest BCUT2D eigenvalue weighted by molar-refractivity contribution is 6.30. The number of nitrogens with one attached hydrogen (secondary N) is 1. The van der Waals surface area contributed by atoms with Crippen LogP contribution in [0.5, 0.6) is 0 Å². The van der Waals surface area contributed by atoms with Crippen molar-refractivity contribution in [3.05, 3.63) is 16.4 Å². The van der Waals surface area contributed by atoms with Crippen LogP contribution in [-0.2, 0) is 13.5 Å². The van der Waals surface area contributed by atoms with Crippen LogP contribution in [0.25, 0.3) is 0 Å². The van der Waals surface area contributed by atoms with Gasteiger partial charge in [-0.15, -0.1) is 0 Å². The maximum absolute atomic E-state index is 6.26. The lowest BCUT2D eigenvalue weighted by Gasteiger charge is -2.19. The SMILES string of the molecule is CCNC(CCc1c(C)nn(C)c1Cl)CC(C)C. The summed E-state index contributed by atoms with van der Waals surface area (Å²) in [5.74, 6) is 0.722. The molecular weight excluding hydrogens is 246 g/mol. The highest BCUT2D eigenvalue weighted by Crippen LogP contribution is 2.21. The molecule has 104 valence electrons. The number of hydrogen-bond donors (Lipinski definition) is 1. The largest absolute Gasteiger partial charge is 0.314 e. The Hall–Kier alpha value is -0.540. The van der Waals surface area contributed by atoms with E-state index in [9.17, 15) is 0 Å². The van der Waals surface area contributed by atoms with E-state index in [1.807, 2.05) is 14.0 Å². The number of hydrogen-bond acceptors (Lipinski definition) is 2. The van der Waals surface area contributed by atoms with Crippen molar-refractivity contribution in [1.29, 1.82) is 0 Å². The van der Waals surface area contributed by atoms with E-state index in [4.69, 9.17) is 11.6 Å². The van der Waals surface area contributed by atoms with Crippen LogP contribution < -0.4 is 5.32 Å². The molecule has 0 aliphatic rings. The molecule has 0 radical (unpaired) electrons. The predicted molar refractivity (Wildman–Crippen MR) is 78.2 cm³/mol. The van der Waals surface area contributed by atoms with Gasteiger partial charge in [0.15, 0.2) is 0 Å². The second-order valence-electron chi connectivity index (χ2n) is 5.40. The van der Waals surface area contributed by atoms with Crippen molar-refractivity contribution in [1.82, 2.24) is 15.1 Å². The fraction of sp³-hybridized carbons (Fsp3) is 0.786. The monoisotopic (exact) mass is 271 g/mol. The minimum Gasteiger partial charge on any atom is -0.314 e. The summed E-state index contributed by atoms with van der Waals surface area (Å²) >= 11 is 6.26. The predicted octanol–water partition coefficient (Wildman–Crippen LogP) is 3.34. The molecule has 1 atom stereocenters. The molecule has 0 saturated heterocycles. The first-order valence-electron chi connectivity index (χ1n) is 6.87. The van der Waals surface area contributed by atoms with Crippen molar-refractivity contribution >= 4 is 11.6 Å². The van der Waals surface area contributed by atoms with Gasteiger partial charge >= 0.3 is 0 Å². The Morgan fingerprint density at radius 1 is 1.39 bits per heavy atom. The fourth-order valence-corrected chi connectivity index (χ4v) is 2.71. The summed E-state index contributed by atoms with van der Waals surface area (Å²) in [6.45, 7) is 9.76. The fourth-order valence-electron chi connectivity index (χ4n) is 2.44. The molecule has 0 aliphatic carbocycles. The highest BCUT2D eigenvalue weighted by atomic mass is 35.5. The van der Waals surface area contributed by atoms with Crippen LogP contribution in [-0.4, -0.2) is 22.4 Å². The van der Waals surface area contributed by atoms with Gasteiger partial charge in [-0.1, -0.05) is 32.4 Å². The minimum absolute atomic E-state index is 0.575. The Labute approximate surface area is 116 Å². The molecule has 0 bridgehead atoms. The number of rotatable bonds is 7. The quantitative estimate of drug-likeness (QED) is 0.824. The lowest BCUT2D eigenvalue weighted by molar-refractivity contribution is 0.405. The molecule has 0 aliphatic heterocycles. The molecular formula is C14H26ClN3. The second kappa shape index (κ2) is 7.15. The van der Waals surface area contributed by atoms with Gasteiger partial charge in [-0.25, -0.2) is 0 Å². The summed E-state index contributed by atoms with van der Waals surface area (Å²) in [7, 11) is 1.90. The van der Waals surface area contributed by atoms with E-state index >= 15 is 0 Å². The molecule has 0 fully saturated rings. The van der Waals surface area contributed by atoms with Gasteiger partial charge in [0, 0.05) is 18.7 Å². The van der Waals surface area contributed by atoms with E-state index in [1.165, 1.54) is 12.0 Å². The zero-order chi connectivity index (χ0) is 13.7. The van der Waals surface area contributed by atoms with E-state index in [0.29, 0.717) is 6.04 Å². The summed E-state index contributed by atoms with van der Waals surface area (Å²) in [6.07, 6.45) is 3.34. The average Bonchev–Trinajstić information content (AvgIpc) is 2.50. The van der Waals surface area contributed by atoms with Gasteiger partial charge in [-0.2, -0.15) is 5.10 Å². The van der Waals surface area contributed by atoms with E-state index in [2.05, 4.69) is 31.2 Å². The van der Waals surface area contributed by atoms with Crippen LogP contribution in [0.3, 0.4) is 0 Å². The lowest BCUT2D eigenvalue weighted by atomic mass is 9.97. The van der Waals surface area contributed by atoms with Crippen molar-refractivity contribution in [3.63, 3.8) is 0 Å². The summed E-state index contributed by atoms with van der Waals surface area (Å²) < 4.78 is 1.76. The Bertz CT molecular complexity index is 371. The molecule has 4 heteroatoms. The van der Waals surface area contributed by atoms with Crippen LogP contribution in [0, 0.1) is 12.8 Å². The molecule has 1 aromatic rings. The van der Waals surface area contributed by atoms with Gasteiger partial charge in [0.25, 0.3) is 0 Å². The number of aryl methyl sites for hydroxylation is 2. The molecule has 0 amide bonds.